The molecule has 2 aromatic heterocycles. The molecule has 0 bridgehead atoms. The number of hydrogen-bond acceptors (Lipinski definition) is 2. The molecule has 3 heterocycles. The van der Waals surface area contributed by atoms with E-state index in [2.05, 4.69) is 154 Å². The van der Waals surface area contributed by atoms with Gasteiger partial charge in [0.25, 0.3) is 0 Å². The minimum Gasteiger partial charge on any atom is -0.309 e. The molecule has 6 aromatic carbocycles. The summed E-state index contributed by atoms with van der Waals surface area (Å²) in [5.41, 5.74) is 11.2. The van der Waals surface area contributed by atoms with Crippen LogP contribution in [0, 0.1) is 0 Å². The number of hydrogen-bond donors (Lipinski definition) is 0. The van der Waals surface area contributed by atoms with Crippen LogP contribution in [-0.4, -0.2) is 14.1 Å². The third-order valence-corrected chi connectivity index (χ3v) is 8.22. The molecule has 1 aliphatic heterocycles. The largest absolute Gasteiger partial charge is 0.309 e. The van der Waals surface area contributed by atoms with E-state index in [1.165, 1.54) is 21.8 Å². The summed E-state index contributed by atoms with van der Waals surface area (Å²) in [5.74, 6) is 0.958. The molecule has 0 fully saturated rings. The van der Waals surface area contributed by atoms with Gasteiger partial charge in [0.05, 0.1) is 39.1 Å². The van der Waals surface area contributed by atoms with Crippen LogP contribution in [0.2, 0.25) is 0 Å². The highest BCUT2D eigenvalue weighted by Crippen LogP contribution is 2.48. The number of fused-ring (bicyclic) bond motifs is 5. The van der Waals surface area contributed by atoms with E-state index in [1.54, 1.807) is 0 Å². The van der Waals surface area contributed by atoms with Crippen molar-refractivity contribution >= 4 is 49.9 Å². The third-order valence-electron chi connectivity index (χ3n) is 8.22. The molecule has 4 nitrogen and oxygen atoms in total. The van der Waals surface area contributed by atoms with Crippen LogP contribution in [0.4, 0.5) is 17.1 Å². The molecular formula is C37H24N4. The van der Waals surface area contributed by atoms with Crippen molar-refractivity contribution in [3.05, 3.63) is 146 Å². The fourth-order valence-corrected chi connectivity index (χ4v) is 6.53. The van der Waals surface area contributed by atoms with E-state index in [-0.39, 0.29) is 0 Å². The predicted octanol–water partition coefficient (Wildman–Crippen LogP) is 9.57. The number of anilines is 3. The molecule has 0 N–H and O–H groups in total. The lowest BCUT2D eigenvalue weighted by Crippen LogP contribution is -2.18. The Morgan fingerprint density at radius 1 is 0.439 bits per heavy atom. The van der Waals surface area contributed by atoms with Crippen LogP contribution >= 0.6 is 0 Å². The van der Waals surface area contributed by atoms with Crippen LogP contribution in [0.3, 0.4) is 0 Å². The van der Waals surface area contributed by atoms with Gasteiger partial charge in [-0.25, -0.2) is 4.98 Å². The highest BCUT2D eigenvalue weighted by Gasteiger charge is 2.29. The summed E-state index contributed by atoms with van der Waals surface area (Å²) >= 11 is 0. The van der Waals surface area contributed by atoms with Gasteiger partial charge in [-0.05, 0) is 54.6 Å². The maximum atomic E-state index is 5.14. The van der Waals surface area contributed by atoms with Crippen molar-refractivity contribution in [1.29, 1.82) is 0 Å². The first kappa shape index (κ1) is 22.2. The van der Waals surface area contributed by atoms with E-state index in [4.69, 9.17) is 4.98 Å². The van der Waals surface area contributed by atoms with Gasteiger partial charge < -0.3 is 9.47 Å². The SMILES string of the molecule is c1ccc(-c2nc3cccc4c3n2-c2ccccc2N4c2cccc(-n3c4ccccc4c4ccccc43)c2)cc1. The molecule has 0 atom stereocenters. The molecule has 0 spiro atoms. The molecule has 0 saturated heterocycles. The predicted molar refractivity (Wildman–Crippen MR) is 169 cm³/mol. The van der Waals surface area contributed by atoms with Crippen molar-refractivity contribution in [2.24, 2.45) is 0 Å². The average molecular weight is 525 g/mol. The van der Waals surface area contributed by atoms with Gasteiger partial charge in [-0.1, -0.05) is 91.0 Å². The van der Waals surface area contributed by atoms with Crippen LogP contribution in [0.5, 0.6) is 0 Å². The molecule has 0 unspecified atom stereocenters. The Hall–Kier alpha value is -5.61. The summed E-state index contributed by atoms with van der Waals surface area (Å²) in [7, 11) is 0. The molecule has 0 amide bonds. The summed E-state index contributed by atoms with van der Waals surface area (Å²) in [5, 5.41) is 2.53. The quantitative estimate of drug-likeness (QED) is 0.230. The minimum absolute atomic E-state index is 0.958. The van der Waals surface area contributed by atoms with E-state index in [9.17, 15) is 0 Å². The maximum absolute atomic E-state index is 5.14. The zero-order valence-corrected chi connectivity index (χ0v) is 22.1. The molecule has 41 heavy (non-hydrogen) atoms. The van der Waals surface area contributed by atoms with Crippen molar-refractivity contribution in [1.82, 2.24) is 14.1 Å². The van der Waals surface area contributed by atoms with E-state index in [0.717, 1.165) is 50.9 Å². The van der Waals surface area contributed by atoms with Crippen molar-refractivity contribution in [2.75, 3.05) is 4.90 Å². The van der Waals surface area contributed by atoms with Crippen LogP contribution in [0.1, 0.15) is 0 Å². The standard InChI is InChI=1S/C37H24N4/c1-2-12-25(13-3-1)37-38-30-18-11-23-35-36(30)41(37)34-22-9-8-21-33(34)40(35)27-15-10-14-26(24-27)39-31-19-6-4-16-28(31)29-17-5-7-20-32(29)39/h1-24H. The lowest BCUT2D eigenvalue weighted by molar-refractivity contribution is 1.06. The second-order valence-electron chi connectivity index (χ2n) is 10.5. The molecule has 0 aliphatic carbocycles. The first-order chi connectivity index (χ1) is 20.4. The van der Waals surface area contributed by atoms with Gasteiger partial charge in [-0.3, -0.25) is 4.57 Å². The highest BCUT2D eigenvalue weighted by atomic mass is 15.2. The molecule has 0 radical (unpaired) electrons. The zero-order valence-electron chi connectivity index (χ0n) is 22.1. The first-order valence-electron chi connectivity index (χ1n) is 13.9. The Bertz CT molecular complexity index is 2220. The average Bonchev–Trinajstić information content (AvgIpc) is 3.59. The van der Waals surface area contributed by atoms with E-state index < -0.39 is 0 Å². The van der Waals surface area contributed by atoms with Crippen molar-refractivity contribution < 1.29 is 0 Å². The van der Waals surface area contributed by atoms with Gasteiger partial charge in [0.2, 0.25) is 0 Å². The summed E-state index contributed by atoms with van der Waals surface area (Å²) in [6.07, 6.45) is 0. The number of aromatic nitrogens is 3. The molecule has 0 saturated carbocycles. The molecule has 9 rings (SSSR count). The Balaban J connectivity index is 1.31. The van der Waals surface area contributed by atoms with Gasteiger partial charge in [0.15, 0.2) is 0 Å². The minimum atomic E-state index is 0.958. The van der Waals surface area contributed by atoms with Crippen LogP contribution < -0.4 is 4.90 Å². The Labute approximate surface area is 237 Å². The molecular weight excluding hydrogens is 500 g/mol. The second kappa shape index (κ2) is 8.44. The van der Waals surface area contributed by atoms with Crippen molar-refractivity contribution in [2.45, 2.75) is 0 Å². The van der Waals surface area contributed by atoms with Gasteiger partial charge in [-0.2, -0.15) is 0 Å². The number of para-hydroxylation sites is 5. The summed E-state index contributed by atoms with van der Waals surface area (Å²) < 4.78 is 4.70. The van der Waals surface area contributed by atoms with Crippen molar-refractivity contribution in [3.8, 4) is 22.8 Å². The summed E-state index contributed by atoms with van der Waals surface area (Å²) in [4.78, 5) is 7.52. The number of imidazole rings is 1. The van der Waals surface area contributed by atoms with Crippen LogP contribution in [-0.2, 0) is 0 Å². The van der Waals surface area contributed by atoms with Gasteiger partial charge in [0, 0.05) is 27.7 Å². The second-order valence-corrected chi connectivity index (χ2v) is 10.5. The summed E-state index contributed by atoms with van der Waals surface area (Å²) in [6, 6.07) is 51.7. The fourth-order valence-electron chi connectivity index (χ4n) is 6.53. The number of rotatable bonds is 3. The monoisotopic (exact) mass is 524 g/mol. The smallest absolute Gasteiger partial charge is 0.145 e. The summed E-state index contributed by atoms with van der Waals surface area (Å²) in [6.45, 7) is 0. The van der Waals surface area contributed by atoms with Crippen LogP contribution in [0.15, 0.2) is 146 Å². The highest BCUT2D eigenvalue weighted by molar-refractivity contribution is 6.09. The molecule has 8 aromatic rings. The fraction of sp³-hybridized carbons (Fsp3) is 0. The maximum Gasteiger partial charge on any atom is 0.145 e. The zero-order chi connectivity index (χ0) is 26.9. The van der Waals surface area contributed by atoms with Crippen molar-refractivity contribution in [3.63, 3.8) is 0 Å². The lowest BCUT2D eigenvalue weighted by Gasteiger charge is -2.33. The van der Waals surface area contributed by atoms with Gasteiger partial charge in [-0.15, -0.1) is 0 Å². The van der Waals surface area contributed by atoms with Gasteiger partial charge in [0.1, 0.15) is 5.82 Å². The lowest BCUT2D eigenvalue weighted by atomic mass is 10.1. The number of benzene rings is 6. The van der Waals surface area contributed by atoms with E-state index >= 15 is 0 Å². The van der Waals surface area contributed by atoms with Gasteiger partial charge >= 0.3 is 0 Å². The normalized spacial score (nSPS) is 12.3. The Morgan fingerprint density at radius 3 is 1.83 bits per heavy atom. The third kappa shape index (κ3) is 3.13. The Morgan fingerprint density at radius 2 is 1.05 bits per heavy atom. The molecule has 1 aliphatic rings. The van der Waals surface area contributed by atoms with E-state index in [0.29, 0.717) is 0 Å². The molecule has 4 heteroatoms. The van der Waals surface area contributed by atoms with E-state index in [1.807, 2.05) is 6.07 Å². The van der Waals surface area contributed by atoms with Crippen LogP contribution in [0.25, 0.3) is 55.6 Å². The first-order valence-corrected chi connectivity index (χ1v) is 13.9. The molecule has 192 valence electrons. The Kier molecular flexibility index (Phi) is 4.58. The number of nitrogens with zero attached hydrogens (tertiary/aromatic N) is 4. The topological polar surface area (TPSA) is 26.0 Å².